The number of benzene rings is 2. The Kier molecular flexibility index (Phi) is 4.92. The molecule has 0 saturated heterocycles. The summed E-state index contributed by atoms with van der Waals surface area (Å²) in [4.78, 5) is 19.6. The highest BCUT2D eigenvalue weighted by atomic mass is 14.8. The highest BCUT2D eigenvalue weighted by Gasteiger charge is 2.47. The molecule has 0 N–H and O–H groups in total. The van der Waals surface area contributed by atoms with Gasteiger partial charge in [0.15, 0.2) is 0 Å². The minimum absolute atomic E-state index is 0.419. The van der Waals surface area contributed by atoms with E-state index in [2.05, 4.69) is 73.3 Å². The highest BCUT2D eigenvalue weighted by Crippen LogP contribution is 2.56. The molecule has 5 aliphatic heterocycles. The van der Waals surface area contributed by atoms with E-state index in [1.807, 2.05) is 54.7 Å². The highest BCUT2D eigenvalue weighted by molar-refractivity contribution is 6.18. The molecule has 0 saturated carbocycles. The molecule has 4 heteroatoms. The van der Waals surface area contributed by atoms with Gasteiger partial charge in [-0.25, -0.2) is 20.0 Å². The predicted molar refractivity (Wildman–Crippen MR) is 165 cm³/mol. The summed E-state index contributed by atoms with van der Waals surface area (Å²) in [6, 6.07) is 17.5. The molecule has 0 spiro atoms. The van der Waals surface area contributed by atoms with Crippen LogP contribution >= 0.6 is 0 Å². The van der Waals surface area contributed by atoms with E-state index in [0.717, 1.165) is 57.6 Å². The Labute approximate surface area is 233 Å². The van der Waals surface area contributed by atoms with Gasteiger partial charge in [0.25, 0.3) is 0 Å². The third-order valence-corrected chi connectivity index (χ3v) is 8.01. The minimum Gasteiger partial charge on any atom is -0.249 e. The molecular weight excluding hydrogens is 488 g/mol. The molecule has 8 bridgehead atoms. The van der Waals surface area contributed by atoms with Gasteiger partial charge in [-0.05, 0) is 101 Å². The van der Waals surface area contributed by atoms with E-state index in [1.165, 1.54) is 22.3 Å². The largest absolute Gasteiger partial charge is 0.249 e. The molecule has 0 radical (unpaired) electrons. The average Bonchev–Trinajstić information content (AvgIpc) is 3.79. The number of fused-ring (bicyclic) bond motifs is 7. The van der Waals surface area contributed by atoms with E-state index in [4.69, 9.17) is 20.0 Å². The lowest BCUT2D eigenvalue weighted by atomic mass is 9.68. The van der Waals surface area contributed by atoms with Crippen molar-refractivity contribution in [2.45, 2.75) is 11.8 Å². The van der Waals surface area contributed by atoms with E-state index >= 15 is 0 Å². The van der Waals surface area contributed by atoms with Crippen LogP contribution < -0.4 is 0 Å². The fraction of sp³-hybridized carbons (Fsp3) is 0.0556. The van der Waals surface area contributed by atoms with Gasteiger partial charge in [-0.3, -0.25) is 0 Å². The number of hydrogen-bond acceptors (Lipinski definition) is 4. The summed E-state index contributed by atoms with van der Waals surface area (Å²) in [6.07, 6.45) is 25.3. The van der Waals surface area contributed by atoms with Gasteiger partial charge in [0.05, 0.1) is 51.0 Å². The zero-order valence-corrected chi connectivity index (χ0v) is 21.8. The van der Waals surface area contributed by atoms with Crippen molar-refractivity contribution in [1.82, 2.24) is 0 Å². The minimum atomic E-state index is -0.419. The molecule has 6 aliphatic rings. The smallest absolute Gasteiger partial charge is 0.0703 e. The Morgan fingerprint density at radius 2 is 1.05 bits per heavy atom. The van der Waals surface area contributed by atoms with Crippen LogP contribution in [0.1, 0.15) is 17.5 Å². The molecule has 2 aromatic rings. The quantitative estimate of drug-likeness (QED) is 0.383. The van der Waals surface area contributed by atoms with Crippen molar-refractivity contribution in [3.8, 4) is 11.1 Å². The molecular formula is C36H24N4. The number of aliphatic imine (C=N–C) groups is 4. The molecule has 8 rings (SSSR count). The molecule has 0 unspecified atom stereocenters. The number of hydrogen-bond donors (Lipinski definition) is 0. The summed E-state index contributed by atoms with van der Waals surface area (Å²) in [5.74, 6) is 0. The van der Waals surface area contributed by atoms with Crippen LogP contribution in [0.3, 0.4) is 0 Å². The van der Waals surface area contributed by atoms with Crippen molar-refractivity contribution < 1.29 is 0 Å². The van der Waals surface area contributed by atoms with Crippen LogP contribution in [0.25, 0.3) is 11.1 Å². The summed E-state index contributed by atoms with van der Waals surface area (Å²) < 4.78 is 0. The maximum atomic E-state index is 5.18. The Hall–Kier alpha value is -5.22. The van der Waals surface area contributed by atoms with Crippen molar-refractivity contribution in [2.75, 3.05) is 0 Å². The van der Waals surface area contributed by atoms with Gasteiger partial charge in [0, 0.05) is 0 Å². The Balaban J connectivity index is 1.37. The molecule has 188 valence electrons. The van der Waals surface area contributed by atoms with Gasteiger partial charge < -0.3 is 0 Å². The SMILES string of the molecule is C=CCC1(C2=CC3=CC4=NC(=CC5=NC(=CC6=NC(=CC2=N3)C=C6)C=C5)C=C4)c2ccccc2-c2ccccc21. The fourth-order valence-electron chi connectivity index (χ4n) is 6.40. The summed E-state index contributed by atoms with van der Waals surface area (Å²) >= 11 is 0. The Morgan fingerprint density at radius 3 is 1.60 bits per heavy atom. The van der Waals surface area contributed by atoms with Crippen molar-refractivity contribution in [3.05, 3.63) is 168 Å². The topological polar surface area (TPSA) is 49.4 Å². The Bertz CT molecular complexity index is 1880. The van der Waals surface area contributed by atoms with Crippen LogP contribution in [0.2, 0.25) is 0 Å². The van der Waals surface area contributed by atoms with Crippen LogP contribution in [0.15, 0.2) is 176 Å². The molecule has 0 atom stereocenters. The maximum absolute atomic E-state index is 5.18. The van der Waals surface area contributed by atoms with Crippen LogP contribution in [0.5, 0.6) is 0 Å². The van der Waals surface area contributed by atoms with Gasteiger partial charge in [0.2, 0.25) is 0 Å². The average molecular weight is 513 g/mol. The Morgan fingerprint density at radius 1 is 0.550 bits per heavy atom. The first kappa shape index (κ1) is 22.7. The molecule has 0 aromatic heterocycles. The monoisotopic (exact) mass is 512 g/mol. The molecule has 1 aliphatic carbocycles. The second kappa shape index (κ2) is 8.65. The summed E-state index contributed by atoms with van der Waals surface area (Å²) in [5.41, 5.74) is 12.8. The van der Waals surface area contributed by atoms with Crippen LogP contribution in [-0.4, -0.2) is 22.8 Å². The van der Waals surface area contributed by atoms with Crippen LogP contribution in [0, 0.1) is 0 Å². The molecule has 5 heterocycles. The van der Waals surface area contributed by atoms with Crippen molar-refractivity contribution in [2.24, 2.45) is 20.0 Å². The van der Waals surface area contributed by atoms with Gasteiger partial charge in [-0.15, -0.1) is 6.58 Å². The van der Waals surface area contributed by atoms with Crippen molar-refractivity contribution in [1.29, 1.82) is 0 Å². The van der Waals surface area contributed by atoms with E-state index in [9.17, 15) is 0 Å². The molecule has 2 aromatic carbocycles. The summed E-state index contributed by atoms with van der Waals surface area (Å²) in [5, 5.41) is 0. The number of nitrogens with zero attached hydrogens (tertiary/aromatic N) is 4. The van der Waals surface area contributed by atoms with Gasteiger partial charge in [0.1, 0.15) is 0 Å². The summed E-state index contributed by atoms with van der Waals surface area (Å²) in [6.45, 7) is 4.20. The van der Waals surface area contributed by atoms with Crippen LogP contribution in [0.4, 0.5) is 0 Å². The van der Waals surface area contributed by atoms with E-state index in [0.29, 0.717) is 0 Å². The second-order valence-corrected chi connectivity index (χ2v) is 10.4. The lowest BCUT2D eigenvalue weighted by molar-refractivity contribution is 0.654. The normalized spacial score (nSPS) is 20.4. The first-order chi connectivity index (χ1) is 19.7. The standard InChI is InChI=1S/C36H24N4/c1-2-17-36(32-9-5-3-7-30(32)31-8-4-6-10-33(31)36)34-21-29-20-27-14-13-25(38-27)18-23-11-12-24(37-23)19-26-15-16-28(39-26)22-35(34)40-29/h2-16,18-22H,1,17H2. The third-order valence-electron chi connectivity index (χ3n) is 8.01. The number of rotatable bonds is 3. The molecule has 40 heavy (non-hydrogen) atoms. The number of allylic oxidation sites excluding steroid dienone is 13. The fourth-order valence-corrected chi connectivity index (χ4v) is 6.40. The molecule has 0 fully saturated rings. The van der Waals surface area contributed by atoms with Gasteiger partial charge in [-0.1, -0.05) is 54.6 Å². The van der Waals surface area contributed by atoms with Crippen molar-refractivity contribution >= 4 is 22.8 Å². The first-order valence-electron chi connectivity index (χ1n) is 13.5. The third kappa shape index (κ3) is 3.46. The van der Waals surface area contributed by atoms with E-state index in [1.54, 1.807) is 0 Å². The maximum Gasteiger partial charge on any atom is 0.0703 e. The zero-order valence-electron chi connectivity index (χ0n) is 21.8. The summed E-state index contributed by atoms with van der Waals surface area (Å²) in [7, 11) is 0. The lowest BCUT2D eigenvalue weighted by Crippen LogP contribution is -2.30. The lowest BCUT2D eigenvalue weighted by Gasteiger charge is -2.33. The predicted octanol–water partition coefficient (Wildman–Crippen LogP) is 7.49. The van der Waals surface area contributed by atoms with E-state index in [-0.39, 0.29) is 0 Å². The van der Waals surface area contributed by atoms with Crippen LogP contribution in [-0.2, 0) is 5.41 Å². The second-order valence-electron chi connectivity index (χ2n) is 10.4. The zero-order chi connectivity index (χ0) is 26.7. The van der Waals surface area contributed by atoms with Crippen molar-refractivity contribution in [3.63, 3.8) is 0 Å². The molecule has 0 amide bonds. The first-order valence-corrected chi connectivity index (χ1v) is 13.5. The van der Waals surface area contributed by atoms with Gasteiger partial charge >= 0.3 is 0 Å². The van der Waals surface area contributed by atoms with Gasteiger partial charge in [-0.2, -0.15) is 0 Å². The van der Waals surface area contributed by atoms with E-state index < -0.39 is 5.41 Å². The molecule has 4 nitrogen and oxygen atoms in total.